The molecule has 0 aliphatic carbocycles. The predicted molar refractivity (Wildman–Crippen MR) is 115 cm³/mol. The average molecular weight is 412 g/mol. The number of ether oxygens (including phenoxy) is 1. The third-order valence-corrected chi connectivity index (χ3v) is 6.32. The van der Waals surface area contributed by atoms with Crippen molar-refractivity contribution >= 4 is 5.91 Å². The zero-order chi connectivity index (χ0) is 20.6. The highest BCUT2D eigenvalue weighted by atomic mass is 16.5. The van der Waals surface area contributed by atoms with Crippen LogP contribution in [0.3, 0.4) is 0 Å². The van der Waals surface area contributed by atoms with Crippen LogP contribution in [0.2, 0.25) is 0 Å². The van der Waals surface area contributed by atoms with Gasteiger partial charge in [-0.15, -0.1) is 10.2 Å². The Labute approximate surface area is 179 Å². The molecule has 1 aromatic heterocycles. The molecule has 0 N–H and O–H groups in total. The number of aromatic nitrogens is 3. The van der Waals surface area contributed by atoms with Gasteiger partial charge < -0.3 is 14.2 Å². The lowest BCUT2D eigenvalue weighted by atomic mass is 9.95. The van der Waals surface area contributed by atoms with Gasteiger partial charge in [-0.1, -0.05) is 18.6 Å². The Kier molecular flexibility index (Phi) is 7.34. The number of piperidine rings is 1. The van der Waals surface area contributed by atoms with Gasteiger partial charge in [-0.2, -0.15) is 0 Å². The van der Waals surface area contributed by atoms with Crippen LogP contribution in [-0.4, -0.2) is 69.3 Å². The van der Waals surface area contributed by atoms with Crippen LogP contribution in [0.25, 0.3) is 0 Å². The molecule has 1 aromatic carbocycles. The quantitative estimate of drug-likeness (QED) is 0.777. The van der Waals surface area contributed by atoms with Crippen molar-refractivity contribution in [2.45, 2.75) is 57.5 Å². The fourth-order valence-electron chi connectivity index (χ4n) is 4.58. The SMILES string of the molecule is O=C(CCn1cnnc1)N1CCCOc2cccc(c2)CCC2CCCCN2CC1. The summed E-state index contributed by atoms with van der Waals surface area (Å²) in [6.45, 7) is 4.89. The van der Waals surface area contributed by atoms with Gasteiger partial charge in [0.15, 0.2) is 0 Å². The van der Waals surface area contributed by atoms with Crippen LogP contribution in [0.4, 0.5) is 0 Å². The van der Waals surface area contributed by atoms with Crippen molar-refractivity contribution in [2.75, 3.05) is 32.8 Å². The third kappa shape index (κ3) is 5.81. The normalized spacial score (nSPS) is 21.3. The Balaban J connectivity index is 1.42. The lowest BCUT2D eigenvalue weighted by molar-refractivity contribution is -0.132. The maximum absolute atomic E-state index is 12.9. The molecule has 4 rings (SSSR count). The van der Waals surface area contributed by atoms with E-state index in [4.69, 9.17) is 4.74 Å². The summed E-state index contributed by atoms with van der Waals surface area (Å²) in [5.74, 6) is 1.14. The smallest absolute Gasteiger partial charge is 0.224 e. The zero-order valence-electron chi connectivity index (χ0n) is 17.8. The van der Waals surface area contributed by atoms with Crippen molar-refractivity contribution in [2.24, 2.45) is 0 Å². The zero-order valence-corrected chi connectivity index (χ0v) is 17.8. The Morgan fingerprint density at radius 1 is 1.03 bits per heavy atom. The molecule has 7 nitrogen and oxygen atoms in total. The number of rotatable bonds is 3. The highest BCUT2D eigenvalue weighted by molar-refractivity contribution is 5.76. The van der Waals surface area contributed by atoms with Gasteiger partial charge in [-0.3, -0.25) is 9.69 Å². The van der Waals surface area contributed by atoms with E-state index >= 15 is 0 Å². The number of amides is 1. The molecule has 3 heterocycles. The summed E-state index contributed by atoms with van der Waals surface area (Å²) in [5.41, 5.74) is 1.36. The standard InChI is InChI=1S/C23H33N5O2/c29-23(10-13-26-18-24-25-19-26)28-12-4-16-30-22-7-3-5-20(17-22)8-9-21-6-1-2-11-27(21)14-15-28/h3,5,7,17-19,21H,1-2,4,6,8-16H2. The van der Waals surface area contributed by atoms with Gasteiger partial charge in [0.2, 0.25) is 5.91 Å². The molecule has 2 aliphatic heterocycles. The van der Waals surface area contributed by atoms with Gasteiger partial charge in [-0.05, 0) is 56.3 Å². The predicted octanol–water partition coefficient (Wildman–Crippen LogP) is 2.77. The minimum absolute atomic E-state index is 0.200. The van der Waals surface area contributed by atoms with Crippen molar-refractivity contribution < 1.29 is 9.53 Å². The lowest BCUT2D eigenvalue weighted by Crippen LogP contribution is -2.45. The lowest BCUT2D eigenvalue weighted by Gasteiger charge is -2.37. The summed E-state index contributed by atoms with van der Waals surface area (Å²) >= 11 is 0. The van der Waals surface area contributed by atoms with E-state index in [2.05, 4.69) is 33.3 Å². The van der Waals surface area contributed by atoms with Gasteiger partial charge in [-0.25, -0.2) is 0 Å². The number of hydrogen-bond donors (Lipinski definition) is 0. The molecule has 1 fully saturated rings. The second-order valence-electron chi connectivity index (χ2n) is 8.40. The summed E-state index contributed by atoms with van der Waals surface area (Å²) in [6.07, 6.45) is 10.7. The fourth-order valence-corrected chi connectivity index (χ4v) is 4.58. The number of benzene rings is 1. The maximum Gasteiger partial charge on any atom is 0.224 e. The van der Waals surface area contributed by atoms with Gasteiger partial charge in [0, 0.05) is 38.6 Å². The Morgan fingerprint density at radius 3 is 2.83 bits per heavy atom. The molecule has 0 radical (unpaired) electrons. The molecule has 1 amide bonds. The Morgan fingerprint density at radius 2 is 1.93 bits per heavy atom. The molecule has 1 unspecified atom stereocenters. The number of carbonyl (C=O) groups is 1. The van der Waals surface area contributed by atoms with Gasteiger partial charge in [0.05, 0.1) is 6.61 Å². The molecule has 2 aromatic rings. The van der Waals surface area contributed by atoms with Crippen molar-refractivity contribution in [1.29, 1.82) is 0 Å². The number of aryl methyl sites for hydroxylation is 2. The summed E-state index contributed by atoms with van der Waals surface area (Å²) in [4.78, 5) is 17.6. The van der Waals surface area contributed by atoms with Crippen molar-refractivity contribution in [1.82, 2.24) is 24.6 Å². The molecule has 0 saturated carbocycles. The molecule has 30 heavy (non-hydrogen) atoms. The number of carbonyl (C=O) groups excluding carboxylic acids is 1. The molecule has 0 spiro atoms. The first-order chi connectivity index (χ1) is 14.8. The van der Waals surface area contributed by atoms with Crippen LogP contribution < -0.4 is 4.74 Å². The summed E-state index contributed by atoms with van der Waals surface area (Å²) in [6, 6.07) is 9.13. The van der Waals surface area contributed by atoms with E-state index in [9.17, 15) is 4.79 Å². The molecule has 7 heteroatoms. The van der Waals surface area contributed by atoms with Crippen LogP contribution in [0, 0.1) is 0 Å². The van der Waals surface area contributed by atoms with E-state index in [1.807, 2.05) is 15.5 Å². The molecule has 1 saturated heterocycles. The molecule has 2 aliphatic rings. The van der Waals surface area contributed by atoms with Gasteiger partial charge >= 0.3 is 0 Å². The van der Waals surface area contributed by atoms with E-state index in [0.717, 1.165) is 44.8 Å². The highest BCUT2D eigenvalue weighted by Crippen LogP contribution is 2.23. The summed E-state index contributed by atoms with van der Waals surface area (Å²) < 4.78 is 7.84. The number of nitrogens with zero attached hydrogens (tertiary/aromatic N) is 5. The number of hydrogen-bond acceptors (Lipinski definition) is 5. The second-order valence-corrected chi connectivity index (χ2v) is 8.40. The van der Waals surface area contributed by atoms with Gasteiger partial charge in [0.25, 0.3) is 0 Å². The molecular formula is C23H33N5O2. The molecule has 2 bridgehead atoms. The van der Waals surface area contributed by atoms with E-state index in [1.165, 1.54) is 31.2 Å². The van der Waals surface area contributed by atoms with E-state index in [-0.39, 0.29) is 5.91 Å². The minimum Gasteiger partial charge on any atom is -0.494 e. The largest absolute Gasteiger partial charge is 0.494 e. The first-order valence-corrected chi connectivity index (χ1v) is 11.3. The first kappa shape index (κ1) is 20.8. The third-order valence-electron chi connectivity index (χ3n) is 6.32. The minimum atomic E-state index is 0.200. The van der Waals surface area contributed by atoms with Crippen LogP contribution in [0.1, 0.15) is 44.1 Å². The van der Waals surface area contributed by atoms with E-state index < -0.39 is 0 Å². The highest BCUT2D eigenvalue weighted by Gasteiger charge is 2.24. The average Bonchev–Trinajstić information content (AvgIpc) is 3.30. The van der Waals surface area contributed by atoms with E-state index in [0.29, 0.717) is 25.6 Å². The maximum atomic E-state index is 12.9. The molecule has 162 valence electrons. The topological polar surface area (TPSA) is 63.5 Å². The monoisotopic (exact) mass is 411 g/mol. The summed E-state index contributed by atoms with van der Waals surface area (Å²) in [5, 5.41) is 7.64. The second kappa shape index (κ2) is 10.6. The first-order valence-electron chi connectivity index (χ1n) is 11.3. The number of fused-ring (bicyclic) bond motifs is 3. The Bertz CT molecular complexity index is 795. The Hall–Kier alpha value is -2.41. The van der Waals surface area contributed by atoms with Crippen LogP contribution in [0.5, 0.6) is 5.75 Å². The van der Waals surface area contributed by atoms with Crippen molar-refractivity contribution in [3.05, 3.63) is 42.5 Å². The van der Waals surface area contributed by atoms with Crippen molar-refractivity contribution in [3.63, 3.8) is 0 Å². The fraction of sp³-hybridized carbons (Fsp3) is 0.609. The van der Waals surface area contributed by atoms with Crippen LogP contribution in [0.15, 0.2) is 36.9 Å². The summed E-state index contributed by atoms with van der Waals surface area (Å²) in [7, 11) is 0. The van der Waals surface area contributed by atoms with Crippen molar-refractivity contribution in [3.8, 4) is 5.75 Å². The van der Waals surface area contributed by atoms with Gasteiger partial charge in [0.1, 0.15) is 18.4 Å². The molecule has 1 atom stereocenters. The van der Waals surface area contributed by atoms with E-state index in [1.54, 1.807) is 12.7 Å². The molecular weight excluding hydrogens is 378 g/mol. The van der Waals surface area contributed by atoms with Crippen LogP contribution in [-0.2, 0) is 17.8 Å². The van der Waals surface area contributed by atoms with Crippen LogP contribution >= 0.6 is 0 Å².